The van der Waals surface area contributed by atoms with Crippen LogP contribution < -0.4 is 16.4 Å². The fourth-order valence-corrected chi connectivity index (χ4v) is 2.40. The van der Waals surface area contributed by atoms with Crippen LogP contribution in [0.5, 0.6) is 0 Å². The molecule has 0 fully saturated rings. The number of nitrogens with two attached hydrogens (primary N) is 1. The summed E-state index contributed by atoms with van der Waals surface area (Å²) in [6, 6.07) is 8.58. The second-order valence-electron chi connectivity index (χ2n) is 6.80. The average molecular weight is 333 g/mol. The Morgan fingerprint density at radius 2 is 1.71 bits per heavy atom. The Morgan fingerprint density at radius 1 is 1.12 bits per heavy atom. The molecule has 24 heavy (non-hydrogen) atoms. The summed E-state index contributed by atoms with van der Waals surface area (Å²) in [5.41, 5.74) is 6.60. The van der Waals surface area contributed by atoms with Crippen molar-refractivity contribution in [2.45, 2.75) is 58.5 Å². The lowest BCUT2D eigenvalue weighted by molar-refractivity contribution is -0.129. The van der Waals surface area contributed by atoms with Crippen molar-refractivity contribution in [3.63, 3.8) is 0 Å². The van der Waals surface area contributed by atoms with Crippen LogP contribution in [0, 0.1) is 5.92 Å². The van der Waals surface area contributed by atoms with E-state index in [1.165, 1.54) is 0 Å². The van der Waals surface area contributed by atoms with Crippen LogP contribution in [0.1, 0.15) is 58.6 Å². The molecule has 1 atom stereocenters. The molecule has 0 saturated heterocycles. The predicted molar refractivity (Wildman–Crippen MR) is 97.3 cm³/mol. The fourth-order valence-electron chi connectivity index (χ4n) is 2.40. The van der Waals surface area contributed by atoms with Gasteiger partial charge < -0.3 is 16.4 Å². The normalized spacial score (nSPS) is 12.8. The molecule has 0 bridgehead atoms. The van der Waals surface area contributed by atoms with E-state index in [9.17, 15) is 9.59 Å². The summed E-state index contributed by atoms with van der Waals surface area (Å²) < 4.78 is 0. The summed E-state index contributed by atoms with van der Waals surface area (Å²) in [4.78, 5) is 24.8. The summed E-state index contributed by atoms with van der Waals surface area (Å²) in [5.74, 6) is -0.115. The molecule has 0 heterocycles. The van der Waals surface area contributed by atoms with Crippen molar-refractivity contribution in [1.82, 2.24) is 10.6 Å². The van der Waals surface area contributed by atoms with Crippen molar-refractivity contribution < 1.29 is 9.59 Å². The first kappa shape index (κ1) is 20.2. The van der Waals surface area contributed by atoms with E-state index in [4.69, 9.17) is 5.73 Å². The predicted octanol–water partition coefficient (Wildman–Crippen LogP) is 2.52. The first-order chi connectivity index (χ1) is 11.3. The molecular formula is C19H31N3O2. The average Bonchev–Trinajstić information content (AvgIpc) is 2.57. The molecule has 2 amide bonds. The molecule has 0 aliphatic rings. The molecule has 0 radical (unpaired) electrons. The smallest absolute Gasteiger partial charge is 0.247 e. The molecule has 1 rings (SSSR count). The van der Waals surface area contributed by atoms with Crippen LogP contribution >= 0.6 is 0 Å². The van der Waals surface area contributed by atoms with E-state index >= 15 is 0 Å². The van der Waals surface area contributed by atoms with E-state index < -0.39 is 11.6 Å². The molecular weight excluding hydrogens is 302 g/mol. The van der Waals surface area contributed by atoms with E-state index in [2.05, 4.69) is 10.6 Å². The van der Waals surface area contributed by atoms with Crippen molar-refractivity contribution >= 4 is 11.8 Å². The SMILES string of the molecule is CCC(N)(CC)CNC(=O)C(NC(=O)CC(C)C)c1ccccc1. The van der Waals surface area contributed by atoms with Gasteiger partial charge in [0.15, 0.2) is 0 Å². The highest BCUT2D eigenvalue weighted by atomic mass is 16.2. The van der Waals surface area contributed by atoms with Crippen LogP contribution in [0.3, 0.4) is 0 Å². The molecule has 0 aliphatic carbocycles. The monoisotopic (exact) mass is 333 g/mol. The van der Waals surface area contributed by atoms with Crippen molar-refractivity contribution in [1.29, 1.82) is 0 Å². The number of carbonyl (C=O) groups is 2. The Balaban J connectivity index is 2.85. The molecule has 1 unspecified atom stereocenters. The second-order valence-corrected chi connectivity index (χ2v) is 6.80. The summed E-state index contributed by atoms with van der Waals surface area (Å²) in [6.07, 6.45) is 1.94. The molecule has 134 valence electrons. The van der Waals surface area contributed by atoms with E-state index in [1.807, 2.05) is 58.0 Å². The van der Waals surface area contributed by atoms with Crippen LogP contribution in [0.15, 0.2) is 30.3 Å². The minimum Gasteiger partial charge on any atom is -0.352 e. The summed E-state index contributed by atoms with van der Waals surface area (Å²) >= 11 is 0. The molecule has 1 aromatic carbocycles. The van der Waals surface area contributed by atoms with Crippen molar-refractivity contribution in [2.24, 2.45) is 11.7 Å². The fraction of sp³-hybridized carbons (Fsp3) is 0.579. The molecule has 0 spiro atoms. The zero-order valence-corrected chi connectivity index (χ0v) is 15.3. The maximum absolute atomic E-state index is 12.7. The van der Waals surface area contributed by atoms with Crippen LogP contribution in [0.2, 0.25) is 0 Å². The third-order valence-corrected chi connectivity index (χ3v) is 4.32. The maximum atomic E-state index is 12.7. The Kier molecular flexibility index (Phi) is 7.92. The van der Waals surface area contributed by atoms with Gasteiger partial charge in [-0.2, -0.15) is 0 Å². The maximum Gasteiger partial charge on any atom is 0.247 e. The van der Waals surface area contributed by atoms with E-state index in [0.29, 0.717) is 13.0 Å². The van der Waals surface area contributed by atoms with Crippen LogP contribution in [-0.4, -0.2) is 23.9 Å². The third kappa shape index (κ3) is 6.32. The third-order valence-electron chi connectivity index (χ3n) is 4.32. The second kappa shape index (κ2) is 9.42. The Bertz CT molecular complexity index is 525. The van der Waals surface area contributed by atoms with Gasteiger partial charge in [0.1, 0.15) is 6.04 Å². The molecule has 1 aromatic rings. The van der Waals surface area contributed by atoms with Crippen molar-refractivity contribution in [3.05, 3.63) is 35.9 Å². The van der Waals surface area contributed by atoms with Gasteiger partial charge in [0, 0.05) is 18.5 Å². The molecule has 0 aromatic heterocycles. The van der Waals surface area contributed by atoms with E-state index in [0.717, 1.165) is 18.4 Å². The zero-order chi connectivity index (χ0) is 18.2. The van der Waals surface area contributed by atoms with Gasteiger partial charge in [0.05, 0.1) is 0 Å². The lowest BCUT2D eigenvalue weighted by atomic mass is 9.94. The molecule has 0 aliphatic heterocycles. The van der Waals surface area contributed by atoms with Gasteiger partial charge in [0.2, 0.25) is 11.8 Å². The number of amides is 2. The van der Waals surface area contributed by atoms with Gasteiger partial charge in [-0.25, -0.2) is 0 Å². The lowest BCUT2D eigenvalue weighted by Gasteiger charge is -2.28. The Morgan fingerprint density at radius 3 is 2.21 bits per heavy atom. The summed E-state index contributed by atoms with van der Waals surface area (Å²) in [5, 5.41) is 5.75. The minimum absolute atomic E-state index is 0.126. The Labute approximate surface area is 145 Å². The van der Waals surface area contributed by atoms with Crippen molar-refractivity contribution in [2.75, 3.05) is 6.54 Å². The van der Waals surface area contributed by atoms with Crippen LogP contribution in [0.4, 0.5) is 0 Å². The number of hydrogen-bond donors (Lipinski definition) is 3. The lowest BCUT2D eigenvalue weighted by Crippen LogP contribution is -2.51. The largest absolute Gasteiger partial charge is 0.352 e. The number of hydrogen-bond acceptors (Lipinski definition) is 3. The van der Waals surface area contributed by atoms with Gasteiger partial charge in [-0.15, -0.1) is 0 Å². The van der Waals surface area contributed by atoms with Gasteiger partial charge in [-0.05, 0) is 24.3 Å². The number of nitrogens with one attached hydrogen (secondary N) is 2. The first-order valence-electron chi connectivity index (χ1n) is 8.72. The first-order valence-corrected chi connectivity index (χ1v) is 8.72. The van der Waals surface area contributed by atoms with Gasteiger partial charge in [0.25, 0.3) is 0 Å². The molecule has 5 heteroatoms. The highest BCUT2D eigenvalue weighted by Gasteiger charge is 2.26. The highest BCUT2D eigenvalue weighted by Crippen LogP contribution is 2.15. The molecule has 4 N–H and O–H groups in total. The standard InChI is InChI=1S/C19H31N3O2/c1-5-19(20,6-2)13-21-18(24)17(15-10-8-7-9-11-15)22-16(23)12-14(3)4/h7-11,14,17H,5-6,12-13,20H2,1-4H3,(H,21,24)(H,22,23). The summed E-state index contributed by atoms with van der Waals surface area (Å²) in [6.45, 7) is 8.36. The Hall–Kier alpha value is -1.88. The van der Waals surface area contributed by atoms with Crippen LogP contribution in [0.25, 0.3) is 0 Å². The van der Waals surface area contributed by atoms with Crippen LogP contribution in [-0.2, 0) is 9.59 Å². The van der Waals surface area contributed by atoms with E-state index in [1.54, 1.807) is 0 Å². The quantitative estimate of drug-likeness (QED) is 0.649. The molecule has 0 saturated carbocycles. The minimum atomic E-state index is -0.699. The topological polar surface area (TPSA) is 84.2 Å². The zero-order valence-electron chi connectivity index (χ0n) is 15.3. The van der Waals surface area contributed by atoms with Gasteiger partial charge in [-0.3, -0.25) is 9.59 Å². The highest BCUT2D eigenvalue weighted by molar-refractivity contribution is 5.88. The summed E-state index contributed by atoms with van der Waals surface area (Å²) in [7, 11) is 0. The van der Waals surface area contributed by atoms with Gasteiger partial charge >= 0.3 is 0 Å². The van der Waals surface area contributed by atoms with E-state index in [-0.39, 0.29) is 17.7 Å². The number of rotatable bonds is 9. The number of benzene rings is 1. The molecule has 5 nitrogen and oxygen atoms in total. The van der Waals surface area contributed by atoms with Gasteiger partial charge in [-0.1, -0.05) is 58.0 Å². The van der Waals surface area contributed by atoms with Crippen molar-refractivity contribution in [3.8, 4) is 0 Å². The number of carbonyl (C=O) groups excluding carboxylic acids is 2.